The minimum absolute atomic E-state index is 0. The molecule has 12 nitrogen and oxygen atoms in total. The van der Waals surface area contributed by atoms with Crippen LogP contribution < -0.4 is 14.7 Å². The molecule has 6 aromatic heterocycles. The van der Waals surface area contributed by atoms with Crippen molar-refractivity contribution in [1.29, 1.82) is 0 Å². The third kappa shape index (κ3) is 14.5. The molecule has 0 fully saturated rings. The van der Waals surface area contributed by atoms with Gasteiger partial charge in [-0.3, -0.25) is 15.0 Å². The first kappa shape index (κ1) is 85.8. The van der Waals surface area contributed by atoms with Crippen LogP contribution in [-0.2, 0) is 82.9 Å². The number of fused-ring (bicyclic) bond motifs is 11. The van der Waals surface area contributed by atoms with Gasteiger partial charge in [0.15, 0.2) is 0 Å². The van der Waals surface area contributed by atoms with E-state index in [1.807, 2.05) is 110 Å². The molecule has 0 N–H and O–H groups in total. The summed E-state index contributed by atoms with van der Waals surface area (Å²) in [5.74, 6) is 0. The van der Waals surface area contributed by atoms with E-state index in [9.17, 15) is 0 Å². The standard InChI is InChI=1S/C43H33N4.C36H37N4.C30H25N4.3Pd/c1-42(2)35-16-5-7-18-37(35)43(41-21-10-11-24-44-41,38-19-8-6-17-36(38)42)30-13-12-14-32(27-30)47-39-20-9-4-15-33(39)34-23-22-31(28-40(34)47)46-26-25-45(3)29-46;1-34(2,3)36(35(4,5)6,33-17-10-11-20-37-33)26-13-12-14-28(23-26)40-31-16-9-8-15-29(31)30-19-18-27(24-32(30)40)39-22-21-38(7)25-39;1-30(2,29-13-6-7-16-31-29)22-9-8-10-24(19-22)34-27-12-5-4-11-25(27)26-15-14-23(20-28(26)34)33-18-17-32(3)21-33;;;/h4-26,29H,1-3H3;8-22,25H,1-7H3;4-18,21H,1-3H3;;;/q3*-3;;;. The van der Waals surface area contributed by atoms with Crippen molar-refractivity contribution < 1.29 is 61.3 Å². The van der Waals surface area contributed by atoms with Crippen molar-refractivity contribution in [3.8, 4) is 17.1 Å². The largest absolute Gasteiger partial charge is 0.510 e. The summed E-state index contributed by atoms with van der Waals surface area (Å²) in [7, 11) is 6.09. The molecule has 0 atom stereocenters. The SMILES string of the molecule is CN1C=CN(c2[c-]c3c(cc2)c2ccccc2n3-c2[c-]c(C(C)(C)c3ccccn3)ccc2)[CH-]1.CN1C=CN(c2[c-]c3c(cc2)c2ccccc2n3-c2[c-]c(C(c3ccccn3)(C(C)(C)C)C(C)(C)C)ccc2)[CH-]1.CN1C=CN(c2[c-]c3c(cc2)c2ccccc2n3-c2[c-]c(C3(c4ccccn4)c4ccccc4C(C)(C)c4ccccc43)ccc2)[CH-]1.[Pd].[Pd].[Pd]. The predicted molar refractivity (Wildman–Crippen MR) is 495 cm³/mol. The van der Waals surface area contributed by atoms with Crippen molar-refractivity contribution >= 4 is 82.5 Å². The minimum atomic E-state index is -0.673. The van der Waals surface area contributed by atoms with Gasteiger partial charge in [0.2, 0.25) is 0 Å². The summed E-state index contributed by atoms with van der Waals surface area (Å²) in [6.07, 6.45) is 18.0. The summed E-state index contributed by atoms with van der Waals surface area (Å²) >= 11 is 0. The first-order valence-electron chi connectivity index (χ1n) is 41.5. The van der Waals surface area contributed by atoms with Gasteiger partial charge in [-0.1, -0.05) is 224 Å². The number of rotatable bonds is 12. The molecule has 4 aliphatic rings. The Morgan fingerprint density at radius 1 is 0.298 bits per heavy atom. The van der Waals surface area contributed by atoms with Crippen LogP contribution in [0.5, 0.6) is 0 Å². The Balaban J connectivity index is 0.000000138. The minimum Gasteiger partial charge on any atom is -0.510 e. The molecule has 17 aromatic rings. The van der Waals surface area contributed by atoms with Crippen molar-refractivity contribution in [2.75, 3.05) is 35.8 Å². The topological polar surface area (TPSA) is 72.9 Å². The van der Waals surface area contributed by atoms with E-state index in [4.69, 9.17) is 9.97 Å². The molecule has 11 aromatic carbocycles. The van der Waals surface area contributed by atoms with Gasteiger partial charge in [0, 0.05) is 124 Å². The van der Waals surface area contributed by atoms with E-state index in [0.717, 1.165) is 106 Å². The summed E-state index contributed by atoms with van der Waals surface area (Å²) in [5, 5.41) is 7.13. The molecule has 1 aliphatic carbocycles. The van der Waals surface area contributed by atoms with E-state index < -0.39 is 10.8 Å². The Morgan fingerprint density at radius 2 is 0.653 bits per heavy atom. The van der Waals surface area contributed by atoms with E-state index in [1.54, 1.807) is 0 Å². The third-order valence-electron chi connectivity index (χ3n) is 25.1. The molecule has 9 heterocycles. The van der Waals surface area contributed by atoms with E-state index in [1.165, 1.54) is 49.2 Å². The fraction of sp³-hybridized carbons (Fsp3) is 0.174. The van der Waals surface area contributed by atoms with Crippen LogP contribution in [0.4, 0.5) is 17.1 Å². The molecule has 0 radical (unpaired) electrons. The fourth-order valence-corrected chi connectivity index (χ4v) is 19.8. The molecule has 0 unspecified atom stereocenters. The van der Waals surface area contributed by atoms with Crippen molar-refractivity contribution in [2.24, 2.45) is 10.8 Å². The zero-order valence-electron chi connectivity index (χ0n) is 71.6. The maximum absolute atomic E-state index is 5.10. The normalized spacial score (nSPS) is 14.6. The van der Waals surface area contributed by atoms with Crippen molar-refractivity contribution in [1.82, 2.24) is 43.4 Å². The van der Waals surface area contributed by atoms with Gasteiger partial charge < -0.3 is 43.1 Å². The molecule has 124 heavy (non-hydrogen) atoms. The van der Waals surface area contributed by atoms with Crippen LogP contribution in [0.25, 0.3) is 82.5 Å². The number of hydrogen-bond donors (Lipinski definition) is 0. The van der Waals surface area contributed by atoms with Gasteiger partial charge in [-0.05, 0) is 162 Å². The van der Waals surface area contributed by atoms with Gasteiger partial charge in [-0.25, -0.2) is 0 Å². The molecule has 15 heteroatoms. The van der Waals surface area contributed by atoms with Crippen molar-refractivity contribution in [2.45, 2.75) is 90.9 Å². The number of anilines is 3. The zero-order chi connectivity index (χ0) is 83.3. The second kappa shape index (κ2) is 33.7. The van der Waals surface area contributed by atoms with Crippen molar-refractivity contribution in [3.05, 3.63) is 435 Å². The number of pyridine rings is 3. The van der Waals surface area contributed by atoms with Crippen LogP contribution in [0.15, 0.2) is 323 Å². The maximum atomic E-state index is 5.10. The van der Waals surface area contributed by atoms with Gasteiger partial charge in [0.05, 0.1) is 11.1 Å². The summed E-state index contributed by atoms with van der Waals surface area (Å²) < 4.78 is 6.91. The van der Waals surface area contributed by atoms with Crippen molar-refractivity contribution in [3.63, 3.8) is 0 Å². The average molecular weight is 1890 g/mol. The summed E-state index contributed by atoms with van der Waals surface area (Å²) in [6.45, 7) is 29.2. The maximum Gasteiger partial charge on any atom is 0.0657 e. The van der Waals surface area contributed by atoms with Crippen LogP contribution in [0.1, 0.15) is 125 Å². The molecule has 0 bridgehead atoms. The average Bonchev–Trinajstić information content (AvgIpc) is 1.09. The Morgan fingerprint density at radius 3 is 1.04 bits per heavy atom. The van der Waals surface area contributed by atoms with E-state index in [-0.39, 0.29) is 82.9 Å². The van der Waals surface area contributed by atoms with Gasteiger partial charge in [-0.2, -0.15) is 92.8 Å². The van der Waals surface area contributed by atoms with Crippen LogP contribution in [0.2, 0.25) is 0 Å². The zero-order valence-corrected chi connectivity index (χ0v) is 76.3. The molecular weight excluding hydrogens is 1800 g/mol. The first-order chi connectivity index (χ1) is 58.5. The summed E-state index contributed by atoms with van der Waals surface area (Å²) in [4.78, 5) is 27.1. The molecule has 21 rings (SSSR count). The molecule has 630 valence electrons. The number of benzene rings is 11. The van der Waals surface area contributed by atoms with Gasteiger partial charge in [-0.15, -0.1) is 105 Å². The molecule has 0 amide bonds. The molecular formula is C109H95N12Pd3-9. The van der Waals surface area contributed by atoms with Gasteiger partial charge >= 0.3 is 0 Å². The third-order valence-corrected chi connectivity index (χ3v) is 25.1. The Labute approximate surface area is 770 Å². The molecule has 0 saturated heterocycles. The van der Waals surface area contributed by atoms with Gasteiger partial charge in [0.25, 0.3) is 0 Å². The summed E-state index contributed by atoms with van der Waals surface area (Å²) in [6, 6.07) is 118. The van der Waals surface area contributed by atoms with Crippen LogP contribution >= 0.6 is 0 Å². The van der Waals surface area contributed by atoms with Crippen LogP contribution in [0.3, 0.4) is 0 Å². The Bertz CT molecular complexity index is 6840. The number of para-hydroxylation sites is 3. The Hall–Kier alpha value is -11.7. The van der Waals surface area contributed by atoms with Crippen LogP contribution in [0, 0.1) is 67.2 Å². The van der Waals surface area contributed by atoms with Gasteiger partial charge in [0.1, 0.15) is 0 Å². The smallest absolute Gasteiger partial charge is 0.0657 e. The second-order valence-corrected chi connectivity index (χ2v) is 35.2. The molecule has 3 aliphatic heterocycles. The van der Waals surface area contributed by atoms with E-state index in [0.29, 0.717) is 0 Å². The quantitative estimate of drug-likeness (QED) is 0.0878. The van der Waals surface area contributed by atoms with Crippen LogP contribution in [-0.4, -0.2) is 64.5 Å². The monoisotopic (exact) mass is 1890 g/mol. The summed E-state index contributed by atoms with van der Waals surface area (Å²) in [5.41, 5.74) is 22.1. The predicted octanol–water partition coefficient (Wildman–Crippen LogP) is 24.1. The molecule has 0 saturated carbocycles. The number of hydrogen-bond acceptors (Lipinski definition) is 9. The van der Waals surface area contributed by atoms with E-state index >= 15 is 0 Å². The second-order valence-electron chi connectivity index (χ2n) is 35.2. The molecule has 0 spiro atoms. The Kier molecular flexibility index (Phi) is 23.4. The number of nitrogens with zero attached hydrogens (tertiary/aromatic N) is 12. The first-order valence-corrected chi connectivity index (χ1v) is 41.5. The van der Waals surface area contributed by atoms with E-state index in [2.05, 4.69) is 407 Å². The fourth-order valence-electron chi connectivity index (χ4n) is 19.8. The number of aromatic nitrogens is 6.